The van der Waals surface area contributed by atoms with Gasteiger partial charge in [0.2, 0.25) is 5.91 Å². The number of nitrogens with zero attached hydrogens (tertiary/aromatic N) is 4. The van der Waals surface area contributed by atoms with Crippen LogP contribution in [0.4, 0.5) is 10.2 Å². The van der Waals surface area contributed by atoms with Crippen LogP contribution in [-0.4, -0.2) is 64.5 Å². The summed E-state index contributed by atoms with van der Waals surface area (Å²) in [5, 5.41) is 0.927. The fourth-order valence-electron chi connectivity index (χ4n) is 6.23. The number of carbonyl (C=O) groups is 1. The first-order valence-electron chi connectivity index (χ1n) is 13.0. The van der Waals surface area contributed by atoms with Crippen molar-refractivity contribution in [3.8, 4) is 11.1 Å². The molecule has 0 saturated carbocycles. The molecule has 9 heteroatoms. The normalized spacial score (nSPS) is 22.3. The van der Waals surface area contributed by atoms with Gasteiger partial charge >= 0.3 is 5.69 Å². The Balaban J connectivity index is 1.56. The number of rotatable bonds is 3. The fourth-order valence-corrected chi connectivity index (χ4v) is 7.72. The summed E-state index contributed by atoms with van der Waals surface area (Å²) in [5.74, 6) is 1.11. The Bertz CT molecular complexity index is 1500. The topological polar surface area (TPSA) is 67.7 Å². The summed E-state index contributed by atoms with van der Waals surface area (Å²) in [4.78, 5) is 35.9. The van der Waals surface area contributed by atoms with Crippen LogP contribution in [0.5, 0.6) is 0 Å². The van der Waals surface area contributed by atoms with Crippen molar-refractivity contribution >= 4 is 34.4 Å². The molecule has 0 N–H and O–H groups in total. The number of hydrogen-bond donors (Lipinski definition) is 0. The SMILES string of the molecule is C=CC(=O)N1[C@H](C)CN(c2nc(=O)n3c4c(c(-c5ccc(F)cc5)c(C)cc24)SCC2(COC2)C3)C[C@@H]1C. The Labute approximate surface area is 225 Å². The lowest BCUT2D eigenvalue weighted by Gasteiger charge is -2.44. The van der Waals surface area contributed by atoms with Gasteiger partial charge < -0.3 is 14.5 Å². The number of ether oxygens (including phenoxy) is 1. The van der Waals surface area contributed by atoms with Crippen LogP contribution in [0.15, 0.2) is 52.7 Å². The second-order valence-electron chi connectivity index (χ2n) is 10.9. The van der Waals surface area contributed by atoms with E-state index in [2.05, 4.69) is 29.5 Å². The first-order valence-corrected chi connectivity index (χ1v) is 13.9. The number of halogens is 1. The molecule has 6 rings (SSSR count). The maximum atomic E-state index is 13.8. The van der Waals surface area contributed by atoms with E-state index in [1.807, 2.05) is 23.3 Å². The third-order valence-corrected chi connectivity index (χ3v) is 9.45. The Hall–Kier alpha value is -3.17. The van der Waals surface area contributed by atoms with Gasteiger partial charge in [-0.05, 0) is 56.2 Å². The first kappa shape index (κ1) is 25.1. The van der Waals surface area contributed by atoms with Gasteiger partial charge in [0, 0.05) is 58.7 Å². The second kappa shape index (κ2) is 9.24. The van der Waals surface area contributed by atoms with Crippen molar-refractivity contribution in [2.45, 2.75) is 44.3 Å². The molecule has 3 aliphatic rings. The van der Waals surface area contributed by atoms with E-state index >= 15 is 0 Å². The molecule has 1 amide bonds. The lowest BCUT2D eigenvalue weighted by molar-refractivity contribution is -0.130. The largest absolute Gasteiger partial charge is 0.380 e. The highest BCUT2D eigenvalue weighted by Gasteiger charge is 2.43. The second-order valence-corrected chi connectivity index (χ2v) is 11.9. The van der Waals surface area contributed by atoms with E-state index in [1.54, 1.807) is 23.9 Å². The van der Waals surface area contributed by atoms with Crippen molar-refractivity contribution in [1.29, 1.82) is 0 Å². The van der Waals surface area contributed by atoms with Crippen LogP contribution in [0.25, 0.3) is 22.0 Å². The zero-order valence-electron chi connectivity index (χ0n) is 21.9. The summed E-state index contributed by atoms with van der Waals surface area (Å²) in [6.07, 6.45) is 1.36. The molecule has 2 fully saturated rings. The van der Waals surface area contributed by atoms with Crippen LogP contribution < -0.4 is 10.6 Å². The molecule has 3 aliphatic heterocycles. The van der Waals surface area contributed by atoms with E-state index in [1.165, 1.54) is 18.2 Å². The van der Waals surface area contributed by atoms with E-state index in [0.29, 0.717) is 38.7 Å². The van der Waals surface area contributed by atoms with Gasteiger partial charge in [-0.2, -0.15) is 4.98 Å². The number of aromatic nitrogens is 2. The average Bonchev–Trinajstić information content (AvgIpc) is 3.05. The number of carbonyl (C=O) groups excluding carboxylic acids is 1. The number of hydrogen-bond acceptors (Lipinski definition) is 6. The quantitative estimate of drug-likeness (QED) is 0.469. The minimum atomic E-state index is -0.281. The van der Waals surface area contributed by atoms with Gasteiger partial charge in [0.05, 0.1) is 18.7 Å². The van der Waals surface area contributed by atoms with Crippen molar-refractivity contribution < 1.29 is 13.9 Å². The summed E-state index contributed by atoms with van der Waals surface area (Å²) >= 11 is 1.75. The zero-order chi connectivity index (χ0) is 26.8. The van der Waals surface area contributed by atoms with Gasteiger partial charge in [-0.3, -0.25) is 9.36 Å². The van der Waals surface area contributed by atoms with Crippen LogP contribution >= 0.6 is 11.8 Å². The summed E-state index contributed by atoms with van der Waals surface area (Å²) in [6.45, 7) is 12.7. The van der Waals surface area contributed by atoms with Crippen molar-refractivity contribution in [2.24, 2.45) is 5.41 Å². The van der Waals surface area contributed by atoms with Crippen LogP contribution in [0.3, 0.4) is 0 Å². The number of piperazine rings is 1. The summed E-state index contributed by atoms with van der Waals surface area (Å²) in [6, 6.07) is 8.54. The zero-order valence-corrected chi connectivity index (χ0v) is 22.7. The Morgan fingerprint density at radius 1 is 1.21 bits per heavy atom. The maximum Gasteiger partial charge on any atom is 0.350 e. The van der Waals surface area contributed by atoms with Gasteiger partial charge in [-0.15, -0.1) is 11.8 Å². The Kier molecular flexibility index (Phi) is 6.11. The molecular weight excluding hydrogens is 503 g/mol. The van der Waals surface area contributed by atoms with E-state index in [9.17, 15) is 14.0 Å². The number of amides is 1. The monoisotopic (exact) mass is 534 g/mol. The molecule has 2 aromatic carbocycles. The Morgan fingerprint density at radius 3 is 2.50 bits per heavy atom. The number of aryl methyl sites for hydroxylation is 1. The van der Waals surface area contributed by atoms with Gasteiger partial charge in [0.15, 0.2) is 0 Å². The summed E-state index contributed by atoms with van der Waals surface area (Å²) < 4.78 is 21.2. The standard InChI is InChI=1S/C29H31FN4O3S/c1-5-23(35)34-18(3)11-32(12-19(34)4)27-22-10-17(2)24(20-6-8-21(30)9-7-20)26-25(22)33(28(36)31-27)13-29(16-38-26)14-37-15-29/h5-10,18-19H,1,11-16H2,2-4H3/t18-,19+. The van der Waals surface area contributed by atoms with Crippen LogP contribution in [-0.2, 0) is 16.1 Å². The molecule has 198 valence electrons. The van der Waals surface area contributed by atoms with Crippen molar-refractivity contribution in [2.75, 3.05) is 37.0 Å². The van der Waals surface area contributed by atoms with Crippen LogP contribution in [0.2, 0.25) is 0 Å². The predicted octanol–water partition coefficient (Wildman–Crippen LogP) is 4.24. The smallest absolute Gasteiger partial charge is 0.350 e. The molecule has 0 unspecified atom stereocenters. The lowest BCUT2D eigenvalue weighted by Crippen LogP contribution is -2.58. The van der Waals surface area contributed by atoms with Crippen molar-refractivity contribution in [3.05, 3.63) is 64.9 Å². The number of benzene rings is 2. The van der Waals surface area contributed by atoms with Crippen LogP contribution in [0.1, 0.15) is 19.4 Å². The van der Waals surface area contributed by atoms with E-state index in [4.69, 9.17) is 4.74 Å². The van der Waals surface area contributed by atoms with E-state index in [0.717, 1.165) is 38.2 Å². The third-order valence-electron chi connectivity index (χ3n) is 8.01. The molecule has 0 aliphatic carbocycles. The van der Waals surface area contributed by atoms with Crippen LogP contribution in [0, 0.1) is 18.2 Å². The van der Waals surface area contributed by atoms with E-state index < -0.39 is 0 Å². The van der Waals surface area contributed by atoms with E-state index in [-0.39, 0.29) is 34.9 Å². The number of thioether (sulfide) groups is 1. The summed E-state index contributed by atoms with van der Waals surface area (Å²) in [5.41, 5.74) is 3.47. The molecule has 0 radical (unpaired) electrons. The molecule has 7 nitrogen and oxygen atoms in total. The average molecular weight is 535 g/mol. The highest BCUT2D eigenvalue weighted by Crippen LogP contribution is 2.47. The molecule has 0 bridgehead atoms. The molecule has 2 saturated heterocycles. The molecule has 3 aromatic rings. The highest BCUT2D eigenvalue weighted by atomic mass is 32.2. The third kappa shape index (κ3) is 3.94. The first-order chi connectivity index (χ1) is 18.2. The predicted molar refractivity (Wildman–Crippen MR) is 148 cm³/mol. The molecule has 4 heterocycles. The minimum absolute atomic E-state index is 0.0666. The van der Waals surface area contributed by atoms with Gasteiger partial charge in [0.25, 0.3) is 0 Å². The molecular formula is C29H31FN4O3S. The molecule has 38 heavy (non-hydrogen) atoms. The minimum Gasteiger partial charge on any atom is -0.380 e. The highest BCUT2D eigenvalue weighted by molar-refractivity contribution is 7.99. The molecule has 1 spiro atoms. The van der Waals surface area contributed by atoms with Crippen molar-refractivity contribution in [3.63, 3.8) is 0 Å². The number of anilines is 1. The Morgan fingerprint density at radius 2 is 1.89 bits per heavy atom. The molecule has 2 atom stereocenters. The summed E-state index contributed by atoms with van der Waals surface area (Å²) in [7, 11) is 0. The van der Waals surface area contributed by atoms with Gasteiger partial charge in [0.1, 0.15) is 11.6 Å². The molecule has 1 aromatic heterocycles. The lowest BCUT2D eigenvalue weighted by atomic mass is 9.88. The maximum absolute atomic E-state index is 13.8. The van der Waals surface area contributed by atoms with Gasteiger partial charge in [-0.1, -0.05) is 18.7 Å². The van der Waals surface area contributed by atoms with Gasteiger partial charge in [-0.25, -0.2) is 9.18 Å². The fraction of sp³-hybridized carbons (Fsp3) is 0.414. The van der Waals surface area contributed by atoms with Crippen molar-refractivity contribution in [1.82, 2.24) is 14.5 Å².